The molecule has 2 rings (SSSR count). The Kier molecular flexibility index (Phi) is 6.86. The predicted molar refractivity (Wildman–Crippen MR) is 92.4 cm³/mol. The van der Waals surface area contributed by atoms with Crippen LogP contribution in [0.3, 0.4) is 0 Å². The molecule has 0 aliphatic heterocycles. The Bertz CT molecular complexity index is 767. The first-order chi connectivity index (χ1) is 12.6. The molecule has 9 nitrogen and oxygen atoms in total. The monoisotopic (exact) mass is 361 g/mol. The van der Waals surface area contributed by atoms with Crippen LogP contribution in [-0.4, -0.2) is 43.2 Å². The van der Waals surface area contributed by atoms with Crippen molar-refractivity contribution in [2.24, 2.45) is 0 Å². The van der Waals surface area contributed by atoms with Gasteiger partial charge < -0.3 is 19.5 Å². The molecule has 1 aromatic carbocycles. The molecule has 0 saturated carbocycles. The highest BCUT2D eigenvalue weighted by atomic mass is 16.6. The molecule has 2 aromatic rings. The lowest BCUT2D eigenvalue weighted by Crippen LogP contribution is -2.24. The minimum absolute atomic E-state index is 0.123. The molecule has 0 saturated heterocycles. The number of benzene rings is 1. The molecule has 0 radical (unpaired) electrons. The zero-order valence-electron chi connectivity index (χ0n) is 14.4. The van der Waals surface area contributed by atoms with Crippen LogP contribution in [0.5, 0.6) is 11.5 Å². The van der Waals surface area contributed by atoms with Crippen LogP contribution in [0.25, 0.3) is 0 Å². The van der Waals surface area contributed by atoms with E-state index in [0.29, 0.717) is 12.3 Å². The molecule has 0 bridgehead atoms. The average molecular weight is 361 g/mol. The van der Waals surface area contributed by atoms with Crippen LogP contribution in [-0.2, 0) is 11.3 Å². The molecule has 0 atom stereocenters. The second-order valence-electron chi connectivity index (χ2n) is 5.12. The van der Waals surface area contributed by atoms with E-state index in [2.05, 4.69) is 10.3 Å². The standard InChI is InChI=1S/C17H19N3O6/c1-24-7-8-26-16-10-14(20(22)23)13(9-15(16)25-2)17(21)19-11-12-5-3-4-6-18-12/h3-6,9-10H,7-8,11H2,1-2H3,(H,19,21). The molecule has 1 amide bonds. The van der Waals surface area contributed by atoms with Crippen molar-refractivity contribution in [1.29, 1.82) is 0 Å². The maximum atomic E-state index is 12.4. The third-order valence-corrected chi connectivity index (χ3v) is 3.42. The Hall–Kier alpha value is -3.20. The Morgan fingerprint density at radius 2 is 2.04 bits per heavy atom. The number of pyridine rings is 1. The lowest BCUT2D eigenvalue weighted by atomic mass is 10.1. The molecule has 0 aliphatic carbocycles. The number of rotatable bonds is 9. The SMILES string of the molecule is COCCOc1cc([N+](=O)[O-])c(C(=O)NCc2ccccn2)cc1OC. The number of hydrogen-bond acceptors (Lipinski definition) is 7. The molecule has 9 heteroatoms. The highest BCUT2D eigenvalue weighted by molar-refractivity contribution is 5.99. The number of amides is 1. The third kappa shape index (κ3) is 4.90. The lowest BCUT2D eigenvalue weighted by molar-refractivity contribution is -0.385. The second-order valence-corrected chi connectivity index (χ2v) is 5.12. The summed E-state index contributed by atoms with van der Waals surface area (Å²) in [4.78, 5) is 27.2. The van der Waals surface area contributed by atoms with Gasteiger partial charge in [0.15, 0.2) is 11.5 Å². The summed E-state index contributed by atoms with van der Waals surface area (Å²) in [5.41, 5.74) is 0.133. The van der Waals surface area contributed by atoms with E-state index >= 15 is 0 Å². The van der Waals surface area contributed by atoms with Gasteiger partial charge in [0.25, 0.3) is 11.6 Å². The van der Waals surface area contributed by atoms with E-state index in [1.807, 2.05) is 0 Å². The van der Waals surface area contributed by atoms with E-state index in [1.165, 1.54) is 26.4 Å². The molecule has 1 aromatic heterocycles. The number of carbonyl (C=O) groups excluding carboxylic acids is 1. The second kappa shape index (κ2) is 9.33. The van der Waals surface area contributed by atoms with Crippen LogP contribution >= 0.6 is 0 Å². The van der Waals surface area contributed by atoms with E-state index in [1.54, 1.807) is 24.4 Å². The van der Waals surface area contributed by atoms with E-state index in [-0.39, 0.29) is 35.9 Å². The van der Waals surface area contributed by atoms with Crippen LogP contribution in [0.1, 0.15) is 16.1 Å². The van der Waals surface area contributed by atoms with E-state index in [4.69, 9.17) is 14.2 Å². The first-order valence-electron chi connectivity index (χ1n) is 7.73. The summed E-state index contributed by atoms with van der Waals surface area (Å²) in [6, 6.07) is 7.73. The number of methoxy groups -OCH3 is 2. The quantitative estimate of drug-likeness (QED) is 0.412. The summed E-state index contributed by atoms with van der Waals surface area (Å²) < 4.78 is 15.5. The van der Waals surface area contributed by atoms with Gasteiger partial charge in [0.2, 0.25) is 0 Å². The Morgan fingerprint density at radius 1 is 1.23 bits per heavy atom. The molecular weight excluding hydrogens is 342 g/mol. The Morgan fingerprint density at radius 3 is 2.65 bits per heavy atom. The average Bonchev–Trinajstić information content (AvgIpc) is 2.66. The summed E-state index contributed by atoms with van der Waals surface area (Å²) in [5, 5.41) is 14.0. The third-order valence-electron chi connectivity index (χ3n) is 3.42. The largest absolute Gasteiger partial charge is 0.493 e. The number of nitro groups is 1. The van der Waals surface area contributed by atoms with Crippen LogP contribution < -0.4 is 14.8 Å². The Labute approximate surface area is 150 Å². The smallest absolute Gasteiger partial charge is 0.286 e. The maximum absolute atomic E-state index is 12.4. The van der Waals surface area contributed by atoms with Crippen LogP contribution in [0.15, 0.2) is 36.5 Å². The van der Waals surface area contributed by atoms with Gasteiger partial charge in [0.05, 0.1) is 36.9 Å². The van der Waals surface area contributed by atoms with Crippen LogP contribution in [0.2, 0.25) is 0 Å². The molecule has 0 spiro atoms. The fourth-order valence-electron chi connectivity index (χ4n) is 2.16. The number of nitrogens with zero attached hydrogens (tertiary/aromatic N) is 2. The van der Waals surface area contributed by atoms with Crippen molar-refractivity contribution < 1.29 is 23.9 Å². The summed E-state index contributed by atoms with van der Waals surface area (Å²) in [5.74, 6) is -0.226. The summed E-state index contributed by atoms with van der Waals surface area (Å²) in [6.07, 6.45) is 1.60. The lowest BCUT2D eigenvalue weighted by Gasteiger charge is -2.12. The van der Waals surface area contributed by atoms with Crippen LogP contribution in [0, 0.1) is 10.1 Å². The van der Waals surface area contributed by atoms with Gasteiger partial charge in [-0.05, 0) is 12.1 Å². The van der Waals surface area contributed by atoms with Crippen molar-refractivity contribution in [3.63, 3.8) is 0 Å². The first kappa shape index (κ1) is 19.1. The topological polar surface area (TPSA) is 113 Å². The summed E-state index contributed by atoms with van der Waals surface area (Å²) >= 11 is 0. The van der Waals surface area contributed by atoms with Crippen molar-refractivity contribution in [3.8, 4) is 11.5 Å². The number of aromatic nitrogens is 1. The van der Waals surface area contributed by atoms with Gasteiger partial charge in [0, 0.05) is 19.4 Å². The number of hydrogen-bond donors (Lipinski definition) is 1. The van der Waals surface area contributed by atoms with Crippen molar-refractivity contribution in [2.75, 3.05) is 27.4 Å². The fourth-order valence-corrected chi connectivity index (χ4v) is 2.16. The van der Waals surface area contributed by atoms with Crippen molar-refractivity contribution in [3.05, 3.63) is 57.9 Å². The first-order valence-corrected chi connectivity index (χ1v) is 7.73. The van der Waals surface area contributed by atoms with Crippen LogP contribution in [0.4, 0.5) is 5.69 Å². The van der Waals surface area contributed by atoms with E-state index < -0.39 is 10.8 Å². The molecule has 138 valence electrons. The highest BCUT2D eigenvalue weighted by Crippen LogP contribution is 2.34. The predicted octanol–water partition coefficient (Wildman–Crippen LogP) is 1.95. The molecule has 0 fully saturated rings. The molecular formula is C17H19N3O6. The van der Waals surface area contributed by atoms with Crippen molar-refractivity contribution >= 4 is 11.6 Å². The maximum Gasteiger partial charge on any atom is 0.286 e. The zero-order chi connectivity index (χ0) is 18.9. The molecule has 0 aliphatic rings. The van der Waals surface area contributed by atoms with Gasteiger partial charge in [0.1, 0.15) is 12.2 Å². The van der Waals surface area contributed by atoms with Gasteiger partial charge in [-0.1, -0.05) is 6.07 Å². The van der Waals surface area contributed by atoms with Crippen molar-refractivity contribution in [2.45, 2.75) is 6.54 Å². The Balaban J connectivity index is 2.24. The van der Waals surface area contributed by atoms with Gasteiger partial charge >= 0.3 is 0 Å². The fraction of sp³-hybridized carbons (Fsp3) is 0.294. The molecule has 0 unspecified atom stereocenters. The highest BCUT2D eigenvalue weighted by Gasteiger charge is 2.24. The minimum Gasteiger partial charge on any atom is -0.493 e. The summed E-state index contributed by atoms with van der Waals surface area (Å²) in [6.45, 7) is 0.643. The normalized spacial score (nSPS) is 10.2. The van der Waals surface area contributed by atoms with Crippen molar-refractivity contribution in [1.82, 2.24) is 10.3 Å². The van der Waals surface area contributed by atoms with Gasteiger partial charge in [-0.2, -0.15) is 0 Å². The molecule has 1 heterocycles. The molecule has 26 heavy (non-hydrogen) atoms. The zero-order valence-corrected chi connectivity index (χ0v) is 14.4. The van der Waals surface area contributed by atoms with E-state index in [9.17, 15) is 14.9 Å². The number of nitrogens with one attached hydrogen (secondary N) is 1. The summed E-state index contributed by atoms with van der Waals surface area (Å²) in [7, 11) is 2.90. The number of carbonyl (C=O) groups is 1. The number of nitro benzene ring substituents is 1. The van der Waals surface area contributed by atoms with Gasteiger partial charge in [-0.15, -0.1) is 0 Å². The number of ether oxygens (including phenoxy) is 3. The van der Waals surface area contributed by atoms with Gasteiger partial charge in [-0.3, -0.25) is 19.9 Å². The minimum atomic E-state index is -0.641. The molecule has 1 N–H and O–H groups in total. The van der Waals surface area contributed by atoms with E-state index in [0.717, 1.165) is 0 Å². The van der Waals surface area contributed by atoms with Gasteiger partial charge in [-0.25, -0.2) is 0 Å².